The van der Waals surface area contributed by atoms with Gasteiger partial charge >= 0.3 is 0 Å². The average Bonchev–Trinajstić information content (AvgIpc) is 2.67. The summed E-state index contributed by atoms with van der Waals surface area (Å²) in [6.07, 6.45) is 5.08. The van der Waals surface area contributed by atoms with Gasteiger partial charge in [0, 0.05) is 19.1 Å². The largest absolute Gasteiger partial charge is 0.378 e. The summed E-state index contributed by atoms with van der Waals surface area (Å²) in [5, 5.41) is 2.96. The smallest absolute Gasteiger partial charge is 0.220 e. The highest BCUT2D eigenvalue weighted by molar-refractivity contribution is 5.76. The monoisotopic (exact) mass is 199 g/mol. The number of amides is 1. The minimum Gasteiger partial charge on any atom is -0.378 e. The van der Waals surface area contributed by atoms with Crippen LogP contribution in [0.15, 0.2) is 0 Å². The lowest BCUT2D eigenvalue weighted by Gasteiger charge is -2.12. The predicted octanol–water partition coefficient (Wildman–Crippen LogP) is 1.86. The highest BCUT2D eigenvalue weighted by atomic mass is 16.5. The van der Waals surface area contributed by atoms with E-state index < -0.39 is 0 Å². The topological polar surface area (TPSA) is 38.3 Å². The van der Waals surface area contributed by atoms with Crippen molar-refractivity contribution in [3.63, 3.8) is 0 Å². The molecule has 0 spiro atoms. The van der Waals surface area contributed by atoms with Crippen molar-refractivity contribution in [1.82, 2.24) is 5.32 Å². The van der Waals surface area contributed by atoms with Crippen LogP contribution in [0.5, 0.6) is 0 Å². The maximum atomic E-state index is 11.4. The predicted molar refractivity (Wildman–Crippen MR) is 56.1 cm³/mol. The Hall–Kier alpha value is -0.570. The molecule has 1 N–H and O–H groups in total. The molecule has 0 bridgehead atoms. The van der Waals surface area contributed by atoms with Crippen LogP contribution >= 0.6 is 0 Å². The van der Waals surface area contributed by atoms with Gasteiger partial charge in [-0.3, -0.25) is 4.79 Å². The van der Waals surface area contributed by atoms with Crippen molar-refractivity contribution in [1.29, 1.82) is 0 Å². The fourth-order valence-corrected chi connectivity index (χ4v) is 1.61. The third kappa shape index (κ3) is 4.09. The Morgan fingerprint density at radius 2 is 2.43 bits per heavy atom. The summed E-state index contributed by atoms with van der Waals surface area (Å²) < 4.78 is 5.45. The third-order valence-electron chi connectivity index (χ3n) is 2.74. The Morgan fingerprint density at radius 3 is 3.00 bits per heavy atom. The summed E-state index contributed by atoms with van der Waals surface area (Å²) >= 11 is 0. The van der Waals surface area contributed by atoms with Gasteiger partial charge in [-0.2, -0.15) is 0 Å². The minimum atomic E-state index is 0.162. The maximum Gasteiger partial charge on any atom is 0.220 e. The molecule has 1 aliphatic rings. The molecule has 1 aliphatic heterocycles. The van der Waals surface area contributed by atoms with Gasteiger partial charge in [-0.1, -0.05) is 6.92 Å². The summed E-state index contributed by atoms with van der Waals surface area (Å²) in [7, 11) is 0. The first-order valence-electron chi connectivity index (χ1n) is 5.63. The van der Waals surface area contributed by atoms with E-state index in [1.807, 2.05) is 6.92 Å². The molecule has 0 aromatic heterocycles. The first-order valence-corrected chi connectivity index (χ1v) is 5.63. The van der Waals surface area contributed by atoms with Crippen molar-refractivity contribution in [2.45, 2.75) is 58.1 Å². The van der Waals surface area contributed by atoms with Crippen LogP contribution in [-0.4, -0.2) is 24.7 Å². The molecule has 82 valence electrons. The zero-order chi connectivity index (χ0) is 10.4. The molecule has 0 aromatic carbocycles. The Morgan fingerprint density at radius 1 is 1.64 bits per heavy atom. The van der Waals surface area contributed by atoms with E-state index in [9.17, 15) is 4.79 Å². The van der Waals surface area contributed by atoms with Crippen molar-refractivity contribution in [2.75, 3.05) is 6.61 Å². The molecule has 14 heavy (non-hydrogen) atoms. The summed E-state index contributed by atoms with van der Waals surface area (Å²) in [5.41, 5.74) is 0. The number of ether oxygens (including phenoxy) is 1. The quantitative estimate of drug-likeness (QED) is 0.734. The van der Waals surface area contributed by atoms with Crippen molar-refractivity contribution in [3.8, 4) is 0 Å². The van der Waals surface area contributed by atoms with E-state index in [4.69, 9.17) is 4.74 Å². The van der Waals surface area contributed by atoms with E-state index in [0.29, 0.717) is 18.6 Å². The molecular formula is C11H21NO2. The standard InChI is InChI=1S/C11H21NO2/c1-3-9(2)12-11(13)7-6-10-5-4-8-14-10/h9-10H,3-8H2,1-2H3,(H,12,13)/t9-,10+/m0/s1. The highest BCUT2D eigenvalue weighted by Gasteiger charge is 2.16. The first kappa shape index (κ1) is 11.5. The molecule has 1 fully saturated rings. The van der Waals surface area contributed by atoms with Gasteiger partial charge in [0.05, 0.1) is 6.10 Å². The van der Waals surface area contributed by atoms with E-state index in [-0.39, 0.29) is 5.91 Å². The van der Waals surface area contributed by atoms with Crippen LogP contribution in [0.3, 0.4) is 0 Å². The van der Waals surface area contributed by atoms with Crippen LogP contribution in [0.2, 0.25) is 0 Å². The minimum absolute atomic E-state index is 0.162. The lowest BCUT2D eigenvalue weighted by Crippen LogP contribution is -2.32. The fraction of sp³-hybridized carbons (Fsp3) is 0.909. The van der Waals surface area contributed by atoms with Crippen LogP contribution in [0, 0.1) is 0 Å². The van der Waals surface area contributed by atoms with Gasteiger partial charge in [0.15, 0.2) is 0 Å². The number of hydrogen-bond donors (Lipinski definition) is 1. The normalized spacial score (nSPS) is 23.4. The molecule has 1 amide bonds. The van der Waals surface area contributed by atoms with Gasteiger partial charge in [0.1, 0.15) is 0 Å². The van der Waals surface area contributed by atoms with Crippen LogP contribution in [0.4, 0.5) is 0 Å². The SMILES string of the molecule is CC[C@H](C)NC(=O)CC[C@H]1CCCO1. The number of carbonyl (C=O) groups excluding carboxylic acids is 1. The second-order valence-corrected chi connectivity index (χ2v) is 4.05. The molecule has 0 aromatic rings. The zero-order valence-electron chi connectivity index (χ0n) is 9.21. The molecular weight excluding hydrogens is 178 g/mol. The van der Waals surface area contributed by atoms with Crippen molar-refractivity contribution in [3.05, 3.63) is 0 Å². The van der Waals surface area contributed by atoms with Gasteiger partial charge in [-0.15, -0.1) is 0 Å². The zero-order valence-corrected chi connectivity index (χ0v) is 9.21. The van der Waals surface area contributed by atoms with E-state index >= 15 is 0 Å². The second-order valence-electron chi connectivity index (χ2n) is 4.05. The molecule has 2 atom stereocenters. The Balaban J connectivity index is 2.08. The van der Waals surface area contributed by atoms with Gasteiger partial charge in [0.2, 0.25) is 5.91 Å². The summed E-state index contributed by atoms with van der Waals surface area (Å²) in [5.74, 6) is 0.162. The van der Waals surface area contributed by atoms with Crippen LogP contribution < -0.4 is 5.32 Å². The summed E-state index contributed by atoms with van der Waals surface area (Å²) in [6.45, 7) is 4.98. The van der Waals surface area contributed by atoms with E-state index in [1.54, 1.807) is 0 Å². The average molecular weight is 199 g/mol. The second kappa shape index (κ2) is 6.02. The first-order chi connectivity index (χ1) is 6.72. The van der Waals surface area contributed by atoms with Gasteiger partial charge < -0.3 is 10.1 Å². The van der Waals surface area contributed by atoms with Gasteiger partial charge in [0.25, 0.3) is 0 Å². The Kier molecular flexibility index (Phi) is 4.94. The van der Waals surface area contributed by atoms with Crippen LogP contribution in [0.1, 0.15) is 46.0 Å². The molecule has 1 heterocycles. The van der Waals surface area contributed by atoms with Crippen LogP contribution in [0.25, 0.3) is 0 Å². The number of nitrogens with one attached hydrogen (secondary N) is 1. The van der Waals surface area contributed by atoms with E-state index in [0.717, 1.165) is 32.3 Å². The van der Waals surface area contributed by atoms with Gasteiger partial charge in [-0.05, 0) is 32.6 Å². The molecule has 0 aliphatic carbocycles. The molecule has 0 unspecified atom stereocenters. The maximum absolute atomic E-state index is 11.4. The molecule has 3 heteroatoms. The lowest BCUT2D eigenvalue weighted by atomic mass is 10.1. The molecule has 1 rings (SSSR count). The molecule has 1 saturated heterocycles. The molecule has 0 saturated carbocycles. The number of carbonyl (C=O) groups is 1. The Labute approximate surface area is 86.2 Å². The fourth-order valence-electron chi connectivity index (χ4n) is 1.61. The highest BCUT2D eigenvalue weighted by Crippen LogP contribution is 2.16. The van der Waals surface area contributed by atoms with Crippen molar-refractivity contribution >= 4 is 5.91 Å². The van der Waals surface area contributed by atoms with Gasteiger partial charge in [-0.25, -0.2) is 0 Å². The van der Waals surface area contributed by atoms with Crippen molar-refractivity contribution in [2.24, 2.45) is 0 Å². The lowest BCUT2D eigenvalue weighted by molar-refractivity contribution is -0.122. The summed E-state index contributed by atoms with van der Waals surface area (Å²) in [4.78, 5) is 11.4. The van der Waals surface area contributed by atoms with E-state index in [2.05, 4.69) is 12.2 Å². The Bertz CT molecular complexity index is 176. The number of rotatable bonds is 5. The van der Waals surface area contributed by atoms with Crippen molar-refractivity contribution < 1.29 is 9.53 Å². The van der Waals surface area contributed by atoms with Crippen LogP contribution in [-0.2, 0) is 9.53 Å². The summed E-state index contributed by atoms with van der Waals surface area (Å²) in [6, 6.07) is 0.298. The molecule has 3 nitrogen and oxygen atoms in total. The van der Waals surface area contributed by atoms with E-state index in [1.165, 1.54) is 0 Å². The third-order valence-corrected chi connectivity index (χ3v) is 2.74. The number of hydrogen-bond acceptors (Lipinski definition) is 2. The molecule has 0 radical (unpaired) electrons.